The van der Waals surface area contributed by atoms with Crippen LogP contribution in [0.4, 0.5) is 11.5 Å². The van der Waals surface area contributed by atoms with Gasteiger partial charge < -0.3 is 10.2 Å². The first-order valence-corrected chi connectivity index (χ1v) is 11.7. The summed E-state index contributed by atoms with van der Waals surface area (Å²) in [5, 5.41) is 20.8. The molecule has 3 aromatic heterocycles. The fraction of sp³-hybridized carbons (Fsp3) is 0.250. The van der Waals surface area contributed by atoms with E-state index >= 15 is 0 Å². The molecule has 4 heterocycles. The van der Waals surface area contributed by atoms with Crippen LogP contribution in [0, 0.1) is 0 Å². The molecule has 1 fully saturated rings. The smallest absolute Gasteiger partial charge is 0.276 e. The van der Waals surface area contributed by atoms with Crippen molar-refractivity contribution in [1.29, 1.82) is 0 Å². The van der Waals surface area contributed by atoms with Gasteiger partial charge in [0.2, 0.25) is 0 Å². The summed E-state index contributed by atoms with van der Waals surface area (Å²) in [5.41, 5.74) is 3.66. The Bertz CT molecular complexity index is 1160. The van der Waals surface area contributed by atoms with Crippen LogP contribution in [-0.2, 0) is 0 Å². The number of anilines is 2. The van der Waals surface area contributed by atoms with E-state index in [0.717, 1.165) is 40.7 Å². The third kappa shape index (κ3) is 4.55. The molecule has 0 aliphatic carbocycles. The van der Waals surface area contributed by atoms with Crippen LogP contribution in [0.2, 0.25) is 0 Å². The summed E-state index contributed by atoms with van der Waals surface area (Å²) in [6.45, 7) is 2.10. The molecular formula is C24H24N6OS. The van der Waals surface area contributed by atoms with Gasteiger partial charge in [0.1, 0.15) is 0 Å². The number of nitrogens with one attached hydrogen (secondary N) is 2. The van der Waals surface area contributed by atoms with Gasteiger partial charge in [-0.15, -0.1) is 21.5 Å². The Balaban J connectivity index is 1.23. The molecule has 8 heteroatoms. The molecule has 32 heavy (non-hydrogen) atoms. The fourth-order valence-electron chi connectivity index (χ4n) is 3.86. The summed E-state index contributed by atoms with van der Waals surface area (Å²) < 4.78 is 0. The molecule has 1 aliphatic heterocycles. The van der Waals surface area contributed by atoms with Crippen molar-refractivity contribution in [1.82, 2.24) is 20.4 Å². The number of nitrogens with zero attached hydrogens (tertiary/aromatic N) is 4. The average molecular weight is 445 g/mol. The lowest BCUT2D eigenvalue weighted by Crippen LogP contribution is -2.25. The van der Waals surface area contributed by atoms with Crippen molar-refractivity contribution < 1.29 is 4.79 Å². The highest BCUT2D eigenvalue weighted by Gasteiger charge is 2.14. The number of hydrogen-bond donors (Lipinski definition) is 2. The van der Waals surface area contributed by atoms with Crippen molar-refractivity contribution in [3.8, 4) is 21.8 Å². The number of amides is 1. The van der Waals surface area contributed by atoms with Gasteiger partial charge in [-0.25, -0.2) is 0 Å². The molecule has 1 amide bonds. The van der Waals surface area contributed by atoms with E-state index in [1.165, 1.54) is 25.7 Å². The molecule has 1 aliphatic rings. The molecular weight excluding hydrogens is 420 g/mol. The van der Waals surface area contributed by atoms with E-state index in [1.807, 2.05) is 53.9 Å². The molecule has 4 aromatic rings. The maximum absolute atomic E-state index is 12.5. The van der Waals surface area contributed by atoms with Crippen molar-refractivity contribution in [2.75, 3.05) is 23.3 Å². The summed E-state index contributed by atoms with van der Waals surface area (Å²) in [7, 11) is 0. The van der Waals surface area contributed by atoms with Crippen molar-refractivity contribution in [3.05, 3.63) is 65.7 Å². The Morgan fingerprint density at radius 1 is 0.969 bits per heavy atom. The minimum Gasteiger partial charge on any atom is -0.355 e. The van der Waals surface area contributed by atoms with E-state index in [4.69, 9.17) is 0 Å². The minimum atomic E-state index is -0.251. The number of H-pyrrole nitrogens is 1. The predicted octanol–water partition coefficient (Wildman–Crippen LogP) is 5.23. The summed E-state index contributed by atoms with van der Waals surface area (Å²) in [6, 6.07) is 17.4. The molecule has 0 bridgehead atoms. The quantitative estimate of drug-likeness (QED) is 0.440. The van der Waals surface area contributed by atoms with Gasteiger partial charge in [0.15, 0.2) is 11.5 Å². The van der Waals surface area contributed by atoms with E-state index in [-0.39, 0.29) is 5.91 Å². The summed E-state index contributed by atoms with van der Waals surface area (Å²) in [5.74, 6) is 0.693. The van der Waals surface area contributed by atoms with Crippen LogP contribution < -0.4 is 10.2 Å². The SMILES string of the molecule is O=C(Nc1ccc(-c2ccc(N3CCCCCC3)nn2)cc1)c1cc(-c2cccs2)[nH]n1. The summed E-state index contributed by atoms with van der Waals surface area (Å²) in [6.07, 6.45) is 5.01. The number of rotatable bonds is 5. The Hall–Kier alpha value is -3.52. The zero-order chi connectivity index (χ0) is 21.8. The first-order chi connectivity index (χ1) is 15.8. The number of benzene rings is 1. The molecule has 2 N–H and O–H groups in total. The highest BCUT2D eigenvalue weighted by Crippen LogP contribution is 2.24. The molecule has 5 rings (SSSR count). The number of carbonyl (C=O) groups excluding carboxylic acids is 1. The van der Waals surface area contributed by atoms with E-state index in [2.05, 4.69) is 30.6 Å². The lowest BCUT2D eigenvalue weighted by atomic mass is 10.1. The van der Waals surface area contributed by atoms with Gasteiger partial charge in [-0.3, -0.25) is 9.89 Å². The molecule has 1 aromatic carbocycles. The van der Waals surface area contributed by atoms with Gasteiger partial charge >= 0.3 is 0 Å². The highest BCUT2D eigenvalue weighted by atomic mass is 32.1. The maximum atomic E-state index is 12.5. The topological polar surface area (TPSA) is 86.8 Å². The fourth-order valence-corrected chi connectivity index (χ4v) is 4.56. The number of thiophene rings is 1. The van der Waals surface area contributed by atoms with E-state index < -0.39 is 0 Å². The zero-order valence-corrected chi connectivity index (χ0v) is 18.4. The Labute approximate surface area is 190 Å². The molecule has 0 saturated carbocycles. The largest absolute Gasteiger partial charge is 0.355 e. The Kier molecular flexibility index (Phi) is 5.93. The predicted molar refractivity (Wildman–Crippen MR) is 128 cm³/mol. The van der Waals surface area contributed by atoms with Crippen LogP contribution >= 0.6 is 11.3 Å². The first kappa shape index (κ1) is 20.4. The molecule has 0 unspecified atom stereocenters. The van der Waals surface area contributed by atoms with Crippen LogP contribution in [0.1, 0.15) is 36.2 Å². The zero-order valence-electron chi connectivity index (χ0n) is 17.6. The molecule has 0 spiro atoms. The van der Waals surface area contributed by atoms with E-state index in [0.29, 0.717) is 11.4 Å². The minimum absolute atomic E-state index is 0.251. The molecule has 0 radical (unpaired) electrons. The van der Waals surface area contributed by atoms with Crippen LogP contribution in [-0.4, -0.2) is 39.4 Å². The van der Waals surface area contributed by atoms with Crippen molar-refractivity contribution in [2.45, 2.75) is 25.7 Å². The molecule has 7 nitrogen and oxygen atoms in total. The molecule has 1 saturated heterocycles. The third-order valence-electron chi connectivity index (χ3n) is 5.62. The summed E-state index contributed by atoms with van der Waals surface area (Å²) in [4.78, 5) is 15.9. The third-order valence-corrected chi connectivity index (χ3v) is 6.52. The monoisotopic (exact) mass is 444 g/mol. The number of aromatic nitrogens is 4. The standard InChI is InChI=1S/C24H24N6OS/c31-24(21-16-20(27-28-21)22-6-5-15-32-22)25-18-9-7-17(8-10-18)19-11-12-23(29-26-19)30-13-3-1-2-4-14-30/h5-12,15-16H,1-4,13-14H2,(H,25,31)(H,27,28). The second-order valence-electron chi connectivity index (χ2n) is 7.85. The lowest BCUT2D eigenvalue weighted by molar-refractivity contribution is 0.102. The van der Waals surface area contributed by atoms with Gasteiger partial charge in [-0.2, -0.15) is 5.10 Å². The van der Waals surface area contributed by atoms with Crippen molar-refractivity contribution in [3.63, 3.8) is 0 Å². The Morgan fingerprint density at radius 2 is 1.78 bits per heavy atom. The first-order valence-electron chi connectivity index (χ1n) is 10.9. The van der Waals surface area contributed by atoms with Gasteiger partial charge in [0.25, 0.3) is 5.91 Å². The van der Waals surface area contributed by atoms with Crippen LogP contribution in [0.15, 0.2) is 60.0 Å². The van der Waals surface area contributed by atoms with Crippen LogP contribution in [0.25, 0.3) is 21.8 Å². The lowest BCUT2D eigenvalue weighted by Gasteiger charge is -2.20. The highest BCUT2D eigenvalue weighted by molar-refractivity contribution is 7.13. The average Bonchev–Trinajstić information content (AvgIpc) is 3.47. The number of aromatic amines is 1. The molecule has 0 atom stereocenters. The van der Waals surface area contributed by atoms with Crippen LogP contribution in [0.5, 0.6) is 0 Å². The van der Waals surface area contributed by atoms with Crippen molar-refractivity contribution in [2.24, 2.45) is 0 Å². The summed E-state index contributed by atoms with van der Waals surface area (Å²) >= 11 is 1.60. The van der Waals surface area contributed by atoms with Crippen LogP contribution in [0.3, 0.4) is 0 Å². The van der Waals surface area contributed by atoms with Crippen molar-refractivity contribution >= 4 is 28.7 Å². The van der Waals surface area contributed by atoms with Gasteiger partial charge in [0, 0.05) is 24.3 Å². The maximum Gasteiger partial charge on any atom is 0.276 e. The number of hydrogen-bond acceptors (Lipinski definition) is 6. The van der Waals surface area contributed by atoms with E-state index in [1.54, 1.807) is 17.4 Å². The second-order valence-corrected chi connectivity index (χ2v) is 8.80. The normalized spacial score (nSPS) is 14.2. The number of carbonyl (C=O) groups is 1. The Morgan fingerprint density at radius 3 is 2.47 bits per heavy atom. The van der Waals surface area contributed by atoms with Gasteiger partial charge in [-0.05, 0) is 54.6 Å². The second kappa shape index (κ2) is 9.32. The van der Waals surface area contributed by atoms with E-state index in [9.17, 15) is 4.79 Å². The van der Waals surface area contributed by atoms with Gasteiger partial charge in [-0.1, -0.05) is 31.0 Å². The molecule has 162 valence electrons. The van der Waals surface area contributed by atoms with Gasteiger partial charge in [0.05, 0.1) is 16.3 Å².